The van der Waals surface area contributed by atoms with E-state index in [2.05, 4.69) is 23.3 Å². The summed E-state index contributed by atoms with van der Waals surface area (Å²) < 4.78 is 0. The Morgan fingerprint density at radius 3 is 2.94 bits per heavy atom. The predicted octanol–water partition coefficient (Wildman–Crippen LogP) is 2.52. The largest absolute Gasteiger partial charge is 0.311 e. The minimum atomic E-state index is 0.697. The SMILES string of the molecule is CN1CCCC1CNCc1ccccc1Cl. The van der Waals surface area contributed by atoms with Crippen molar-refractivity contribution < 1.29 is 0 Å². The highest BCUT2D eigenvalue weighted by Crippen LogP contribution is 2.16. The van der Waals surface area contributed by atoms with Gasteiger partial charge in [0, 0.05) is 24.2 Å². The highest BCUT2D eigenvalue weighted by molar-refractivity contribution is 6.31. The first-order chi connectivity index (χ1) is 7.77. The van der Waals surface area contributed by atoms with Crippen molar-refractivity contribution in [3.63, 3.8) is 0 Å². The van der Waals surface area contributed by atoms with Crippen LogP contribution >= 0.6 is 11.6 Å². The van der Waals surface area contributed by atoms with Crippen LogP contribution in [0.5, 0.6) is 0 Å². The molecule has 1 heterocycles. The Hall–Kier alpha value is -0.570. The van der Waals surface area contributed by atoms with E-state index >= 15 is 0 Å². The van der Waals surface area contributed by atoms with E-state index in [1.807, 2.05) is 18.2 Å². The summed E-state index contributed by atoms with van der Waals surface area (Å²) in [6.45, 7) is 3.16. The molecule has 0 radical (unpaired) electrons. The molecule has 0 saturated carbocycles. The molecular weight excluding hydrogens is 220 g/mol. The molecule has 0 aromatic heterocycles. The number of nitrogens with one attached hydrogen (secondary N) is 1. The molecule has 1 aliphatic heterocycles. The summed E-state index contributed by atoms with van der Waals surface area (Å²) in [6.07, 6.45) is 2.64. The molecule has 1 aliphatic rings. The first kappa shape index (κ1) is 11.9. The smallest absolute Gasteiger partial charge is 0.0450 e. The molecular formula is C13H19ClN2. The van der Waals surface area contributed by atoms with Crippen LogP contribution in [-0.2, 0) is 6.54 Å². The van der Waals surface area contributed by atoms with Gasteiger partial charge in [-0.1, -0.05) is 29.8 Å². The van der Waals surface area contributed by atoms with Gasteiger partial charge < -0.3 is 10.2 Å². The van der Waals surface area contributed by atoms with Gasteiger partial charge >= 0.3 is 0 Å². The molecule has 16 heavy (non-hydrogen) atoms. The zero-order valence-corrected chi connectivity index (χ0v) is 10.5. The van der Waals surface area contributed by atoms with Crippen LogP contribution in [-0.4, -0.2) is 31.1 Å². The summed E-state index contributed by atoms with van der Waals surface area (Å²) >= 11 is 6.10. The van der Waals surface area contributed by atoms with E-state index in [0.29, 0.717) is 6.04 Å². The Bertz CT molecular complexity index is 340. The lowest BCUT2D eigenvalue weighted by molar-refractivity contribution is 0.300. The van der Waals surface area contributed by atoms with Crippen molar-refractivity contribution in [2.45, 2.75) is 25.4 Å². The van der Waals surface area contributed by atoms with Crippen LogP contribution in [0.2, 0.25) is 5.02 Å². The lowest BCUT2D eigenvalue weighted by Crippen LogP contribution is -2.35. The molecule has 0 bridgehead atoms. The zero-order chi connectivity index (χ0) is 11.4. The first-order valence-corrected chi connectivity index (χ1v) is 6.29. The van der Waals surface area contributed by atoms with Crippen LogP contribution in [0, 0.1) is 0 Å². The summed E-state index contributed by atoms with van der Waals surface area (Å²) in [6, 6.07) is 8.72. The van der Waals surface area contributed by atoms with Gasteiger partial charge in [-0.2, -0.15) is 0 Å². The number of nitrogens with zero attached hydrogens (tertiary/aromatic N) is 1. The van der Waals surface area contributed by atoms with E-state index in [0.717, 1.165) is 18.1 Å². The molecule has 2 nitrogen and oxygen atoms in total. The number of rotatable bonds is 4. The van der Waals surface area contributed by atoms with E-state index in [-0.39, 0.29) is 0 Å². The lowest BCUT2D eigenvalue weighted by atomic mass is 10.2. The minimum Gasteiger partial charge on any atom is -0.311 e. The number of likely N-dealkylation sites (tertiary alicyclic amines) is 1. The molecule has 1 aromatic carbocycles. The maximum absolute atomic E-state index is 6.10. The van der Waals surface area contributed by atoms with Crippen LogP contribution in [0.1, 0.15) is 18.4 Å². The van der Waals surface area contributed by atoms with Crippen molar-refractivity contribution in [3.05, 3.63) is 34.9 Å². The number of benzene rings is 1. The lowest BCUT2D eigenvalue weighted by Gasteiger charge is -2.19. The summed E-state index contributed by atoms with van der Waals surface area (Å²) in [7, 11) is 2.20. The summed E-state index contributed by atoms with van der Waals surface area (Å²) in [5.74, 6) is 0. The van der Waals surface area contributed by atoms with Crippen molar-refractivity contribution in [1.29, 1.82) is 0 Å². The summed E-state index contributed by atoms with van der Waals surface area (Å²) in [4.78, 5) is 2.43. The van der Waals surface area contributed by atoms with Crippen LogP contribution in [0.25, 0.3) is 0 Å². The predicted molar refractivity (Wildman–Crippen MR) is 68.8 cm³/mol. The van der Waals surface area contributed by atoms with Gasteiger partial charge in [-0.05, 0) is 38.1 Å². The third-order valence-electron chi connectivity index (χ3n) is 3.32. The van der Waals surface area contributed by atoms with E-state index in [4.69, 9.17) is 11.6 Å². The van der Waals surface area contributed by atoms with E-state index in [1.54, 1.807) is 0 Å². The molecule has 88 valence electrons. The highest BCUT2D eigenvalue weighted by atomic mass is 35.5. The molecule has 1 saturated heterocycles. The second-order valence-electron chi connectivity index (χ2n) is 4.50. The standard InChI is InChI=1S/C13H19ClN2/c1-16-8-4-6-12(16)10-15-9-11-5-2-3-7-13(11)14/h2-3,5,7,12,15H,4,6,8-10H2,1H3. The Morgan fingerprint density at radius 1 is 1.44 bits per heavy atom. The average Bonchev–Trinajstić information content (AvgIpc) is 2.67. The summed E-state index contributed by atoms with van der Waals surface area (Å²) in [5, 5.41) is 4.35. The molecule has 1 unspecified atom stereocenters. The topological polar surface area (TPSA) is 15.3 Å². The fourth-order valence-electron chi connectivity index (χ4n) is 2.25. The highest BCUT2D eigenvalue weighted by Gasteiger charge is 2.19. The quantitative estimate of drug-likeness (QED) is 0.867. The van der Waals surface area contributed by atoms with Gasteiger partial charge in [-0.15, -0.1) is 0 Å². The first-order valence-electron chi connectivity index (χ1n) is 5.92. The normalized spacial score (nSPS) is 21.5. The monoisotopic (exact) mass is 238 g/mol. The van der Waals surface area contributed by atoms with Crippen molar-refractivity contribution in [2.24, 2.45) is 0 Å². The van der Waals surface area contributed by atoms with Crippen molar-refractivity contribution >= 4 is 11.6 Å². The Labute approximate surface area is 103 Å². The van der Waals surface area contributed by atoms with Crippen molar-refractivity contribution in [3.8, 4) is 0 Å². The van der Waals surface area contributed by atoms with E-state index in [9.17, 15) is 0 Å². The molecule has 1 N–H and O–H groups in total. The molecule has 2 rings (SSSR count). The Kier molecular flexibility index (Phi) is 4.22. The molecule has 3 heteroatoms. The number of hydrogen-bond donors (Lipinski definition) is 1. The van der Waals surface area contributed by atoms with Crippen LogP contribution in [0.3, 0.4) is 0 Å². The summed E-state index contributed by atoms with van der Waals surface area (Å²) in [5.41, 5.74) is 1.19. The second-order valence-corrected chi connectivity index (χ2v) is 4.91. The van der Waals surface area contributed by atoms with Gasteiger partial charge in [0.1, 0.15) is 0 Å². The van der Waals surface area contributed by atoms with E-state index < -0.39 is 0 Å². The third-order valence-corrected chi connectivity index (χ3v) is 3.69. The minimum absolute atomic E-state index is 0.697. The van der Waals surface area contributed by atoms with Gasteiger partial charge in [0.05, 0.1) is 0 Å². The average molecular weight is 239 g/mol. The molecule has 1 aromatic rings. The second kappa shape index (κ2) is 5.67. The molecule has 1 atom stereocenters. The van der Waals surface area contributed by atoms with Crippen LogP contribution in [0.15, 0.2) is 24.3 Å². The number of hydrogen-bond acceptors (Lipinski definition) is 2. The van der Waals surface area contributed by atoms with Crippen molar-refractivity contribution in [1.82, 2.24) is 10.2 Å². The van der Waals surface area contributed by atoms with E-state index in [1.165, 1.54) is 24.9 Å². The maximum Gasteiger partial charge on any atom is 0.0450 e. The van der Waals surface area contributed by atoms with Crippen LogP contribution in [0.4, 0.5) is 0 Å². The van der Waals surface area contributed by atoms with Crippen molar-refractivity contribution in [2.75, 3.05) is 20.1 Å². The van der Waals surface area contributed by atoms with Gasteiger partial charge in [-0.3, -0.25) is 0 Å². The Morgan fingerprint density at radius 2 is 2.25 bits per heavy atom. The van der Waals surface area contributed by atoms with Gasteiger partial charge in [0.2, 0.25) is 0 Å². The number of halogens is 1. The molecule has 1 fully saturated rings. The number of likely N-dealkylation sites (N-methyl/N-ethyl adjacent to an activating group) is 1. The van der Waals surface area contributed by atoms with Gasteiger partial charge in [0.15, 0.2) is 0 Å². The fraction of sp³-hybridized carbons (Fsp3) is 0.538. The molecule has 0 amide bonds. The molecule has 0 spiro atoms. The van der Waals surface area contributed by atoms with Gasteiger partial charge in [0.25, 0.3) is 0 Å². The van der Waals surface area contributed by atoms with Crippen LogP contribution < -0.4 is 5.32 Å². The Balaban J connectivity index is 1.78. The van der Waals surface area contributed by atoms with Gasteiger partial charge in [-0.25, -0.2) is 0 Å². The third kappa shape index (κ3) is 2.97. The zero-order valence-electron chi connectivity index (χ0n) is 9.75. The fourth-order valence-corrected chi connectivity index (χ4v) is 2.45. The maximum atomic E-state index is 6.10. The molecule has 0 aliphatic carbocycles.